The molecule has 1 heterocycles. The molecule has 2 atom stereocenters. The second kappa shape index (κ2) is 5.39. The molecule has 0 fully saturated rings. The number of hydrogen-bond acceptors (Lipinski definition) is 3. The van der Waals surface area contributed by atoms with E-state index in [0.717, 1.165) is 12.8 Å². The van der Waals surface area contributed by atoms with Crippen LogP contribution in [0.1, 0.15) is 31.6 Å². The molecular formula is C15H21NOS. The molecule has 2 rings (SSSR count). The highest BCUT2D eigenvalue weighted by Crippen LogP contribution is 2.39. The van der Waals surface area contributed by atoms with Crippen molar-refractivity contribution >= 4 is 21.4 Å². The van der Waals surface area contributed by atoms with E-state index in [2.05, 4.69) is 44.2 Å². The van der Waals surface area contributed by atoms with Crippen LogP contribution in [0, 0.1) is 0 Å². The van der Waals surface area contributed by atoms with Crippen molar-refractivity contribution in [3.05, 3.63) is 35.2 Å². The van der Waals surface area contributed by atoms with Crippen molar-refractivity contribution < 1.29 is 5.11 Å². The number of aliphatic hydroxyl groups excluding tert-OH is 1. The number of fused-ring (bicyclic) bond motifs is 1. The molecule has 3 N–H and O–H groups in total. The standard InChI is InChI=1S/C15H21NOS/c1-3-13(16)15(2,8-9-17)14-10-11-6-4-5-7-12(11)18-14/h4-7,10,13,17H,3,8-9,16H2,1-2H3. The summed E-state index contributed by atoms with van der Waals surface area (Å²) in [6.45, 7) is 4.45. The van der Waals surface area contributed by atoms with Crippen LogP contribution in [0.4, 0.5) is 0 Å². The van der Waals surface area contributed by atoms with E-state index in [9.17, 15) is 5.11 Å². The zero-order chi connectivity index (χ0) is 13.2. The molecule has 3 heteroatoms. The zero-order valence-electron chi connectivity index (χ0n) is 11.0. The topological polar surface area (TPSA) is 46.2 Å². The molecule has 2 unspecified atom stereocenters. The van der Waals surface area contributed by atoms with Crippen LogP contribution in [0.5, 0.6) is 0 Å². The van der Waals surface area contributed by atoms with Crippen LogP contribution < -0.4 is 5.73 Å². The number of rotatable bonds is 5. The number of nitrogens with two attached hydrogens (primary N) is 1. The van der Waals surface area contributed by atoms with Gasteiger partial charge in [-0.15, -0.1) is 11.3 Å². The smallest absolute Gasteiger partial charge is 0.0440 e. The Morgan fingerprint density at radius 1 is 1.39 bits per heavy atom. The maximum Gasteiger partial charge on any atom is 0.0440 e. The van der Waals surface area contributed by atoms with Gasteiger partial charge in [0.05, 0.1) is 0 Å². The quantitative estimate of drug-likeness (QED) is 0.869. The first kappa shape index (κ1) is 13.5. The highest BCUT2D eigenvalue weighted by atomic mass is 32.1. The first-order valence-electron chi connectivity index (χ1n) is 6.47. The number of benzene rings is 1. The van der Waals surface area contributed by atoms with Gasteiger partial charge in [0, 0.05) is 27.6 Å². The third kappa shape index (κ3) is 2.30. The zero-order valence-corrected chi connectivity index (χ0v) is 11.8. The van der Waals surface area contributed by atoms with Crippen molar-refractivity contribution in [3.8, 4) is 0 Å². The molecule has 0 aliphatic carbocycles. The molecule has 1 aromatic heterocycles. The highest BCUT2D eigenvalue weighted by molar-refractivity contribution is 7.19. The fourth-order valence-electron chi connectivity index (χ4n) is 2.44. The Morgan fingerprint density at radius 2 is 2.11 bits per heavy atom. The summed E-state index contributed by atoms with van der Waals surface area (Å²) in [7, 11) is 0. The van der Waals surface area contributed by atoms with E-state index in [1.807, 2.05) is 0 Å². The Kier molecular flexibility index (Phi) is 4.05. The maximum absolute atomic E-state index is 9.33. The molecule has 2 aromatic rings. The van der Waals surface area contributed by atoms with E-state index >= 15 is 0 Å². The lowest BCUT2D eigenvalue weighted by Gasteiger charge is -2.33. The lowest BCUT2D eigenvalue weighted by molar-refractivity contribution is 0.225. The summed E-state index contributed by atoms with van der Waals surface area (Å²) in [5, 5.41) is 10.6. The van der Waals surface area contributed by atoms with Crippen LogP contribution in [-0.4, -0.2) is 17.8 Å². The van der Waals surface area contributed by atoms with Gasteiger partial charge in [-0.25, -0.2) is 0 Å². The average molecular weight is 263 g/mol. The Bertz CT molecular complexity index is 489. The van der Waals surface area contributed by atoms with E-state index < -0.39 is 0 Å². The van der Waals surface area contributed by atoms with Gasteiger partial charge in [0.2, 0.25) is 0 Å². The molecule has 0 aliphatic rings. The Labute approximate surface area is 112 Å². The molecule has 0 bridgehead atoms. The van der Waals surface area contributed by atoms with Crippen LogP contribution in [0.3, 0.4) is 0 Å². The third-order valence-electron chi connectivity index (χ3n) is 3.88. The Morgan fingerprint density at radius 3 is 2.72 bits per heavy atom. The summed E-state index contributed by atoms with van der Waals surface area (Å²) in [6, 6.07) is 10.7. The molecule has 0 saturated heterocycles. The minimum absolute atomic E-state index is 0.0812. The SMILES string of the molecule is CCC(N)C(C)(CCO)c1cc2ccccc2s1. The van der Waals surface area contributed by atoms with Crippen molar-refractivity contribution in [2.24, 2.45) is 5.73 Å². The lowest BCUT2D eigenvalue weighted by atomic mass is 9.77. The monoisotopic (exact) mass is 263 g/mol. The maximum atomic E-state index is 9.33. The van der Waals surface area contributed by atoms with Gasteiger partial charge in [-0.3, -0.25) is 0 Å². The molecule has 2 nitrogen and oxygen atoms in total. The molecule has 0 amide bonds. The third-order valence-corrected chi connectivity index (χ3v) is 5.27. The molecule has 0 spiro atoms. The molecular weight excluding hydrogens is 242 g/mol. The first-order chi connectivity index (χ1) is 8.61. The lowest BCUT2D eigenvalue weighted by Crippen LogP contribution is -2.42. The van der Waals surface area contributed by atoms with Crippen LogP contribution in [0.25, 0.3) is 10.1 Å². The van der Waals surface area contributed by atoms with Gasteiger partial charge in [0.25, 0.3) is 0 Å². The van der Waals surface area contributed by atoms with E-state index in [-0.39, 0.29) is 18.1 Å². The summed E-state index contributed by atoms with van der Waals surface area (Å²) in [5.41, 5.74) is 6.16. The summed E-state index contributed by atoms with van der Waals surface area (Å²) in [5.74, 6) is 0. The number of hydrogen-bond donors (Lipinski definition) is 2. The van der Waals surface area contributed by atoms with Gasteiger partial charge in [0.1, 0.15) is 0 Å². The molecule has 0 aliphatic heterocycles. The normalized spacial score (nSPS) is 16.7. The second-order valence-corrected chi connectivity index (χ2v) is 6.14. The predicted molar refractivity (Wildman–Crippen MR) is 79.1 cm³/mol. The Balaban J connectivity index is 2.47. The van der Waals surface area contributed by atoms with Gasteiger partial charge < -0.3 is 10.8 Å². The molecule has 0 saturated carbocycles. The van der Waals surface area contributed by atoms with Gasteiger partial charge in [0.15, 0.2) is 0 Å². The van der Waals surface area contributed by atoms with Crippen LogP contribution in [0.15, 0.2) is 30.3 Å². The van der Waals surface area contributed by atoms with Crippen molar-refractivity contribution in [1.29, 1.82) is 0 Å². The molecule has 1 aromatic carbocycles. The highest BCUT2D eigenvalue weighted by Gasteiger charge is 2.33. The summed E-state index contributed by atoms with van der Waals surface area (Å²) in [4.78, 5) is 1.28. The molecule has 18 heavy (non-hydrogen) atoms. The minimum atomic E-state index is -0.132. The Hall–Kier alpha value is -0.900. The van der Waals surface area contributed by atoms with Gasteiger partial charge in [-0.05, 0) is 30.4 Å². The van der Waals surface area contributed by atoms with Gasteiger partial charge in [-0.1, -0.05) is 32.0 Å². The average Bonchev–Trinajstić information content (AvgIpc) is 2.82. The predicted octanol–water partition coefficient (Wildman–Crippen LogP) is 3.28. The van der Waals surface area contributed by atoms with E-state index in [4.69, 9.17) is 5.73 Å². The van der Waals surface area contributed by atoms with Crippen molar-refractivity contribution in [3.63, 3.8) is 0 Å². The summed E-state index contributed by atoms with van der Waals surface area (Å²) in [6.07, 6.45) is 1.64. The van der Waals surface area contributed by atoms with Crippen LogP contribution in [-0.2, 0) is 5.41 Å². The molecule has 0 radical (unpaired) electrons. The number of thiophene rings is 1. The van der Waals surface area contributed by atoms with Gasteiger partial charge in [-0.2, -0.15) is 0 Å². The van der Waals surface area contributed by atoms with Crippen molar-refractivity contribution in [2.45, 2.75) is 38.1 Å². The van der Waals surface area contributed by atoms with E-state index in [0.29, 0.717) is 0 Å². The largest absolute Gasteiger partial charge is 0.396 e. The minimum Gasteiger partial charge on any atom is -0.396 e. The fourth-order valence-corrected chi connectivity index (χ4v) is 3.74. The van der Waals surface area contributed by atoms with E-state index in [1.165, 1.54) is 15.0 Å². The van der Waals surface area contributed by atoms with Gasteiger partial charge >= 0.3 is 0 Å². The van der Waals surface area contributed by atoms with Crippen LogP contribution >= 0.6 is 11.3 Å². The number of aliphatic hydroxyl groups is 1. The first-order valence-corrected chi connectivity index (χ1v) is 7.29. The fraction of sp³-hybridized carbons (Fsp3) is 0.467. The van der Waals surface area contributed by atoms with Crippen molar-refractivity contribution in [1.82, 2.24) is 0 Å². The van der Waals surface area contributed by atoms with Crippen LogP contribution in [0.2, 0.25) is 0 Å². The summed E-state index contributed by atoms with van der Waals surface area (Å²) < 4.78 is 1.29. The second-order valence-electron chi connectivity index (χ2n) is 5.05. The summed E-state index contributed by atoms with van der Waals surface area (Å²) >= 11 is 1.80. The van der Waals surface area contributed by atoms with Crippen molar-refractivity contribution in [2.75, 3.05) is 6.61 Å². The van der Waals surface area contributed by atoms with E-state index in [1.54, 1.807) is 11.3 Å². The molecule has 98 valence electrons.